The van der Waals surface area contributed by atoms with Crippen LogP contribution in [0, 0.1) is 18.6 Å². The van der Waals surface area contributed by atoms with Crippen LogP contribution in [0.1, 0.15) is 21.6 Å². The highest BCUT2D eigenvalue weighted by molar-refractivity contribution is 6.08. The lowest BCUT2D eigenvalue weighted by molar-refractivity contribution is -0.137. The summed E-state index contributed by atoms with van der Waals surface area (Å²) in [6, 6.07) is 9.15. The quantitative estimate of drug-likeness (QED) is 0.548. The van der Waals surface area contributed by atoms with Crippen LogP contribution < -0.4 is 10.6 Å². The van der Waals surface area contributed by atoms with Crippen LogP contribution in [-0.4, -0.2) is 16.9 Å². The van der Waals surface area contributed by atoms with Crippen molar-refractivity contribution in [3.05, 3.63) is 83.1 Å². The zero-order chi connectivity index (χ0) is 22.8. The van der Waals surface area contributed by atoms with Crippen molar-refractivity contribution in [1.29, 1.82) is 0 Å². The lowest BCUT2D eigenvalue weighted by Crippen LogP contribution is -2.35. The Bertz CT molecular complexity index is 1120. The summed E-state index contributed by atoms with van der Waals surface area (Å²) in [4.78, 5) is 28.0. The molecule has 160 valence electrons. The summed E-state index contributed by atoms with van der Waals surface area (Å²) in [5.41, 5.74) is -0.278. The Hall–Kier alpha value is -3.82. The Labute approximate surface area is 172 Å². The molecule has 31 heavy (non-hydrogen) atoms. The molecule has 2 aromatic carbocycles. The molecule has 0 aliphatic carbocycles. The third-order valence-electron chi connectivity index (χ3n) is 4.27. The largest absolute Gasteiger partial charge is 0.416 e. The fourth-order valence-corrected chi connectivity index (χ4v) is 2.80. The van der Waals surface area contributed by atoms with Crippen molar-refractivity contribution in [2.45, 2.75) is 13.1 Å². The van der Waals surface area contributed by atoms with Gasteiger partial charge in [0.15, 0.2) is 0 Å². The molecule has 0 bridgehead atoms. The van der Waals surface area contributed by atoms with Gasteiger partial charge in [-0.1, -0.05) is 18.2 Å². The molecule has 1 heterocycles. The average molecular weight is 435 g/mol. The molecule has 0 unspecified atom stereocenters. The first kappa shape index (κ1) is 21.9. The number of anilines is 1. The summed E-state index contributed by atoms with van der Waals surface area (Å²) < 4.78 is 65.3. The molecule has 0 aliphatic rings. The molecule has 5 nitrogen and oxygen atoms in total. The molecule has 3 aromatic rings. The highest BCUT2D eigenvalue weighted by atomic mass is 19.4. The number of urea groups is 1. The van der Waals surface area contributed by atoms with Gasteiger partial charge >= 0.3 is 12.2 Å². The second kappa shape index (κ2) is 8.50. The van der Waals surface area contributed by atoms with E-state index < -0.39 is 40.9 Å². The lowest BCUT2D eigenvalue weighted by Gasteiger charge is -2.11. The van der Waals surface area contributed by atoms with Gasteiger partial charge in [-0.2, -0.15) is 13.2 Å². The van der Waals surface area contributed by atoms with Gasteiger partial charge in [-0.3, -0.25) is 15.4 Å². The number of halogens is 5. The predicted molar refractivity (Wildman–Crippen MR) is 102 cm³/mol. The first-order chi connectivity index (χ1) is 14.6. The first-order valence-corrected chi connectivity index (χ1v) is 8.78. The maximum Gasteiger partial charge on any atom is 0.416 e. The fourth-order valence-electron chi connectivity index (χ4n) is 2.80. The monoisotopic (exact) mass is 435 g/mol. The molecule has 1 aromatic heterocycles. The van der Waals surface area contributed by atoms with E-state index in [1.807, 2.05) is 0 Å². The number of imide groups is 1. The number of hydrogen-bond acceptors (Lipinski definition) is 3. The lowest BCUT2D eigenvalue weighted by atomic mass is 10.0. The van der Waals surface area contributed by atoms with Crippen molar-refractivity contribution in [3.8, 4) is 11.1 Å². The number of aromatic nitrogens is 1. The topological polar surface area (TPSA) is 71.1 Å². The van der Waals surface area contributed by atoms with Crippen molar-refractivity contribution < 1.29 is 31.5 Å². The van der Waals surface area contributed by atoms with Crippen LogP contribution in [0.4, 0.5) is 32.6 Å². The number of benzene rings is 2. The Morgan fingerprint density at radius 2 is 1.52 bits per heavy atom. The van der Waals surface area contributed by atoms with Gasteiger partial charge < -0.3 is 0 Å². The molecule has 0 saturated heterocycles. The minimum atomic E-state index is -4.45. The number of nitrogens with one attached hydrogen (secondary N) is 2. The number of carbonyl (C=O) groups excluding carboxylic acids is 2. The van der Waals surface area contributed by atoms with Gasteiger partial charge in [-0.25, -0.2) is 18.6 Å². The first-order valence-electron chi connectivity index (χ1n) is 8.78. The van der Waals surface area contributed by atoms with Gasteiger partial charge in [0, 0.05) is 11.3 Å². The Morgan fingerprint density at radius 3 is 2.06 bits per heavy atom. The maximum atomic E-state index is 13.6. The molecule has 3 rings (SSSR count). The van der Waals surface area contributed by atoms with E-state index in [-0.39, 0.29) is 5.82 Å². The van der Waals surface area contributed by atoms with E-state index in [0.717, 1.165) is 30.3 Å². The smallest absolute Gasteiger partial charge is 0.292 e. The highest BCUT2D eigenvalue weighted by Gasteiger charge is 2.30. The number of aryl methyl sites for hydroxylation is 1. The van der Waals surface area contributed by atoms with Crippen LogP contribution in [-0.2, 0) is 6.18 Å². The summed E-state index contributed by atoms with van der Waals surface area (Å²) in [6.45, 7) is 1.58. The normalized spacial score (nSPS) is 11.2. The van der Waals surface area contributed by atoms with E-state index >= 15 is 0 Å². The van der Waals surface area contributed by atoms with Crippen molar-refractivity contribution >= 4 is 17.8 Å². The number of amides is 3. The molecular weight excluding hydrogens is 421 g/mol. The van der Waals surface area contributed by atoms with Gasteiger partial charge in [0.25, 0.3) is 5.91 Å². The molecule has 2 N–H and O–H groups in total. The zero-order valence-corrected chi connectivity index (χ0v) is 15.8. The second-order valence-corrected chi connectivity index (χ2v) is 6.41. The molecule has 0 aliphatic heterocycles. The van der Waals surface area contributed by atoms with E-state index in [1.54, 1.807) is 12.2 Å². The molecule has 0 saturated carbocycles. The van der Waals surface area contributed by atoms with Crippen molar-refractivity contribution in [2.24, 2.45) is 0 Å². The maximum absolute atomic E-state index is 13.6. The third-order valence-corrected chi connectivity index (χ3v) is 4.27. The SMILES string of the molecule is Cc1nc(NC(=O)NC(=O)c2c(F)cccc2F)ccc1-c1ccc(C(F)(F)F)cc1. The Kier molecular flexibility index (Phi) is 6.00. The predicted octanol–water partition coefficient (Wildman–Crippen LogP) is 5.32. The fraction of sp³-hybridized carbons (Fsp3) is 0.0952. The molecule has 0 spiro atoms. The molecule has 3 amide bonds. The van der Waals surface area contributed by atoms with Crippen molar-refractivity contribution in [2.75, 3.05) is 5.32 Å². The Balaban J connectivity index is 1.71. The number of pyridine rings is 1. The average Bonchev–Trinajstić information content (AvgIpc) is 2.67. The third kappa shape index (κ3) is 5.03. The van der Waals surface area contributed by atoms with Crippen molar-refractivity contribution in [1.82, 2.24) is 10.3 Å². The molecule has 10 heteroatoms. The number of rotatable bonds is 3. The number of hydrogen-bond donors (Lipinski definition) is 2. The van der Waals surface area contributed by atoms with Gasteiger partial charge in [0.05, 0.1) is 5.56 Å². The van der Waals surface area contributed by atoms with E-state index in [4.69, 9.17) is 0 Å². The van der Waals surface area contributed by atoms with Crippen LogP contribution in [0.2, 0.25) is 0 Å². The van der Waals surface area contributed by atoms with Crippen LogP contribution in [0.3, 0.4) is 0 Å². The highest BCUT2D eigenvalue weighted by Crippen LogP contribution is 2.31. The minimum absolute atomic E-state index is 0.0208. The molecule has 0 atom stereocenters. The minimum Gasteiger partial charge on any atom is -0.292 e. The summed E-state index contributed by atoms with van der Waals surface area (Å²) in [7, 11) is 0. The van der Waals surface area contributed by atoms with Gasteiger partial charge in [0.2, 0.25) is 0 Å². The van der Waals surface area contributed by atoms with Gasteiger partial charge in [0.1, 0.15) is 23.0 Å². The number of nitrogens with zero attached hydrogens (tertiary/aromatic N) is 1. The number of carbonyl (C=O) groups is 2. The van der Waals surface area contributed by atoms with Gasteiger partial charge in [-0.05, 0) is 48.9 Å². The van der Waals surface area contributed by atoms with E-state index in [2.05, 4.69) is 10.3 Å². The Morgan fingerprint density at radius 1 is 0.903 bits per heavy atom. The summed E-state index contributed by atoms with van der Waals surface area (Å²) in [6.07, 6.45) is -4.45. The summed E-state index contributed by atoms with van der Waals surface area (Å²) in [5.74, 6) is -3.50. The number of alkyl halides is 3. The van der Waals surface area contributed by atoms with E-state index in [1.165, 1.54) is 24.3 Å². The van der Waals surface area contributed by atoms with Crippen LogP contribution in [0.5, 0.6) is 0 Å². The molecule has 0 fully saturated rings. The van der Waals surface area contributed by atoms with E-state index in [9.17, 15) is 31.5 Å². The van der Waals surface area contributed by atoms with Gasteiger partial charge in [-0.15, -0.1) is 0 Å². The standard InChI is InChI=1S/C21H14F5N3O2/c1-11-14(12-5-7-13(8-6-12)21(24,25)26)9-10-17(27-11)28-20(31)29-19(30)18-15(22)3-2-4-16(18)23/h2-10H,1H3,(H2,27,28,29,30,31). The van der Waals surface area contributed by atoms with Crippen LogP contribution >= 0.6 is 0 Å². The molecular formula is C21H14F5N3O2. The summed E-state index contributed by atoms with van der Waals surface area (Å²) >= 11 is 0. The van der Waals surface area contributed by atoms with Crippen LogP contribution in [0.25, 0.3) is 11.1 Å². The zero-order valence-electron chi connectivity index (χ0n) is 15.8. The summed E-state index contributed by atoms with van der Waals surface area (Å²) in [5, 5.41) is 4.05. The van der Waals surface area contributed by atoms with Crippen LogP contribution in [0.15, 0.2) is 54.6 Å². The van der Waals surface area contributed by atoms with Crippen molar-refractivity contribution in [3.63, 3.8) is 0 Å². The molecule has 0 radical (unpaired) electrons. The van der Waals surface area contributed by atoms with E-state index in [0.29, 0.717) is 16.8 Å². The second-order valence-electron chi connectivity index (χ2n) is 6.41.